The van der Waals surface area contributed by atoms with Crippen molar-refractivity contribution in [1.82, 2.24) is 10.0 Å². The van der Waals surface area contributed by atoms with Gasteiger partial charge in [-0.3, -0.25) is 9.80 Å². The Balaban J connectivity index is 2.05. The van der Waals surface area contributed by atoms with Crippen molar-refractivity contribution >= 4 is 23.6 Å². The van der Waals surface area contributed by atoms with Crippen molar-refractivity contribution in [2.45, 2.75) is 33.1 Å². The van der Waals surface area contributed by atoms with Crippen LogP contribution in [0.5, 0.6) is 0 Å². The Morgan fingerprint density at radius 1 is 1.17 bits per heavy atom. The molecule has 1 aliphatic heterocycles. The molecule has 3 amide bonds. The summed E-state index contributed by atoms with van der Waals surface area (Å²) in [4.78, 5) is 36.3. The summed E-state index contributed by atoms with van der Waals surface area (Å²) < 4.78 is 4.95. The predicted octanol–water partition coefficient (Wildman–Crippen LogP) is 2.64. The molecule has 0 spiro atoms. The SMILES string of the molecule is CCCC(=O)N1CCCN1C(=O)Nc1cccc(C(=O)OCC)c1. The number of carbonyl (C=O) groups excluding carboxylic acids is 3. The number of urea groups is 1. The second kappa shape index (κ2) is 8.33. The molecule has 1 heterocycles. The Hall–Kier alpha value is -2.57. The zero-order chi connectivity index (χ0) is 17.5. The largest absolute Gasteiger partial charge is 0.462 e. The van der Waals surface area contributed by atoms with E-state index in [1.54, 1.807) is 31.2 Å². The maximum Gasteiger partial charge on any atom is 0.340 e. The molecule has 0 unspecified atom stereocenters. The molecule has 1 N–H and O–H groups in total. The molecule has 7 heteroatoms. The van der Waals surface area contributed by atoms with E-state index in [0.717, 1.165) is 12.8 Å². The number of nitrogens with one attached hydrogen (secondary N) is 1. The Bertz CT molecular complexity index is 618. The first-order chi connectivity index (χ1) is 11.6. The van der Waals surface area contributed by atoms with Crippen LogP contribution in [-0.2, 0) is 9.53 Å². The van der Waals surface area contributed by atoms with E-state index in [4.69, 9.17) is 4.74 Å². The standard InChI is InChI=1S/C17H23N3O4/c1-3-7-15(21)19-10-6-11-20(19)17(23)18-14-9-5-8-13(12-14)16(22)24-4-2/h5,8-9,12H,3-4,6-7,10-11H2,1-2H3,(H,18,23). The molecule has 0 radical (unpaired) electrons. The molecule has 1 fully saturated rings. The topological polar surface area (TPSA) is 79.0 Å². The molecule has 2 rings (SSSR count). The van der Waals surface area contributed by atoms with Crippen LogP contribution in [0.4, 0.5) is 10.5 Å². The summed E-state index contributed by atoms with van der Waals surface area (Å²) in [6.07, 6.45) is 1.92. The minimum atomic E-state index is -0.436. The van der Waals surface area contributed by atoms with Crippen molar-refractivity contribution in [3.8, 4) is 0 Å². The van der Waals surface area contributed by atoms with E-state index in [1.807, 2.05) is 6.92 Å². The van der Waals surface area contributed by atoms with E-state index in [0.29, 0.717) is 30.8 Å². The fourth-order valence-electron chi connectivity index (χ4n) is 2.55. The zero-order valence-electron chi connectivity index (χ0n) is 14.1. The summed E-state index contributed by atoms with van der Waals surface area (Å²) in [6.45, 7) is 5.00. The van der Waals surface area contributed by atoms with Crippen LogP contribution in [0.1, 0.15) is 43.5 Å². The molecule has 0 bridgehead atoms. The fourth-order valence-corrected chi connectivity index (χ4v) is 2.55. The lowest BCUT2D eigenvalue weighted by Gasteiger charge is -2.28. The summed E-state index contributed by atoms with van der Waals surface area (Å²) in [6, 6.07) is 6.17. The highest BCUT2D eigenvalue weighted by molar-refractivity contribution is 5.94. The normalized spacial score (nSPS) is 13.8. The lowest BCUT2D eigenvalue weighted by atomic mass is 10.2. The molecule has 1 saturated heterocycles. The first-order valence-corrected chi connectivity index (χ1v) is 8.22. The highest BCUT2D eigenvalue weighted by Crippen LogP contribution is 2.17. The molecule has 1 aliphatic rings. The Morgan fingerprint density at radius 2 is 1.92 bits per heavy atom. The third-order valence-electron chi connectivity index (χ3n) is 3.64. The van der Waals surface area contributed by atoms with Gasteiger partial charge in [0.15, 0.2) is 0 Å². The van der Waals surface area contributed by atoms with Crippen LogP contribution in [0.3, 0.4) is 0 Å². The van der Waals surface area contributed by atoms with Gasteiger partial charge in [0.1, 0.15) is 0 Å². The van der Waals surface area contributed by atoms with Gasteiger partial charge in [-0.15, -0.1) is 0 Å². The summed E-state index contributed by atoms with van der Waals surface area (Å²) in [5, 5.41) is 5.65. The van der Waals surface area contributed by atoms with Crippen LogP contribution in [0.25, 0.3) is 0 Å². The van der Waals surface area contributed by atoms with Crippen LogP contribution in [0.2, 0.25) is 0 Å². The number of esters is 1. The number of anilines is 1. The average Bonchev–Trinajstić information content (AvgIpc) is 3.05. The third kappa shape index (κ3) is 4.24. The van der Waals surface area contributed by atoms with Crippen molar-refractivity contribution in [2.75, 3.05) is 25.0 Å². The number of amides is 3. The Labute approximate surface area is 141 Å². The third-order valence-corrected chi connectivity index (χ3v) is 3.64. The smallest absolute Gasteiger partial charge is 0.340 e. The van der Waals surface area contributed by atoms with Gasteiger partial charge in [-0.25, -0.2) is 14.6 Å². The summed E-state index contributed by atoms with van der Waals surface area (Å²) in [5.41, 5.74) is 0.857. The number of hydrazine groups is 1. The lowest BCUT2D eigenvalue weighted by Crippen LogP contribution is -2.46. The second-order valence-electron chi connectivity index (χ2n) is 5.48. The number of hydrogen-bond acceptors (Lipinski definition) is 4. The van der Waals surface area contributed by atoms with E-state index in [9.17, 15) is 14.4 Å². The van der Waals surface area contributed by atoms with E-state index in [2.05, 4.69) is 5.32 Å². The van der Waals surface area contributed by atoms with Gasteiger partial charge >= 0.3 is 12.0 Å². The lowest BCUT2D eigenvalue weighted by molar-refractivity contribution is -0.139. The van der Waals surface area contributed by atoms with Crippen LogP contribution >= 0.6 is 0 Å². The second-order valence-corrected chi connectivity index (χ2v) is 5.48. The maximum absolute atomic E-state index is 12.4. The Morgan fingerprint density at radius 3 is 2.62 bits per heavy atom. The molecular formula is C17H23N3O4. The van der Waals surface area contributed by atoms with Gasteiger partial charge < -0.3 is 10.1 Å². The van der Waals surface area contributed by atoms with Gasteiger partial charge in [-0.1, -0.05) is 13.0 Å². The molecule has 0 aromatic heterocycles. The van der Waals surface area contributed by atoms with Crippen molar-refractivity contribution in [3.05, 3.63) is 29.8 Å². The molecule has 0 aliphatic carbocycles. The van der Waals surface area contributed by atoms with Crippen molar-refractivity contribution in [2.24, 2.45) is 0 Å². The monoisotopic (exact) mass is 333 g/mol. The van der Waals surface area contributed by atoms with Gasteiger partial charge in [0, 0.05) is 25.2 Å². The molecule has 1 aromatic carbocycles. The van der Waals surface area contributed by atoms with E-state index in [-0.39, 0.29) is 18.5 Å². The van der Waals surface area contributed by atoms with E-state index >= 15 is 0 Å². The molecule has 130 valence electrons. The van der Waals surface area contributed by atoms with Gasteiger partial charge in [0.2, 0.25) is 5.91 Å². The highest BCUT2D eigenvalue weighted by Gasteiger charge is 2.30. The van der Waals surface area contributed by atoms with Crippen LogP contribution in [0.15, 0.2) is 24.3 Å². The quantitative estimate of drug-likeness (QED) is 0.840. The minimum Gasteiger partial charge on any atom is -0.462 e. The Kier molecular flexibility index (Phi) is 6.17. The average molecular weight is 333 g/mol. The van der Waals surface area contributed by atoms with Crippen LogP contribution in [0, 0.1) is 0 Å². The number of benzene rings is 1. The van der Waals surface area contributed by atoms with Gasteiger partial charge in [-0.05, 0) is 38.0 Å². The van der Waals surface area contributed by atoms with E-state index in [1.165, 1.54) is 10.0 Å². The van der Waals surface area contributed by atoms with Crippen molar-refractivity contribution < 1.29 is 19.1 Å². The number of carbonyl (C=O) groups is 3. The van der Waals surface area contributed by atoms with Gasteiger partial charge in [0.25, 0.3) is 0 Å². The number of hydrogen-bond donors (Lipinski definition) is 1. The summed E-state index contributed by atoms with van der Waals surface area (Å²) in [7, 11) is 0. The number of nitrogens with zero attached hydrogens (tertiary/aromatic N) is 2. The molecule has 1 aromatic rings. The van der Waals surface area contributed by atoms with E-state index < -0.39 is 5.97 Å². The minimum absolute atomic E-state index is 0.0505. The zero-order valence-corrected chi connectivity index (χ0v) is 14.1. The predicted molar refractivity (Wildman–Crippen MR) is 89.4 cm³/mol. The maximum atomic E-state index is 12.4. The molecule has 24 heavy (non-hydrogen) atoms. The summed E-state index contributed by atoms with van der Waals surface area (Å²) in [5.74, 6) is -0.486. The fraction of sp³-hybridized carbons (Fsp3) is 0.471. The molecule has 0 atom stereocenters. The number of ether oxygens (including phenoxy) is 1. The van der Waals surface area contributed by atoms with Gasteiger partial charge in [0.05, 0.1) is 12.2 Å². The molecule has 0 saturated carbocycles. The molecule has 7 nitrogen and oxygen atoms in total. The first kappa shape index (κ1) is 17.8. The van der Waals surface area contributed by atoms with Crippen LogP contribution < -0.4 is 5.32 Å². The van der Waals surface area contributed by atoms with Crippen molar-refractivity contribution in [3.63, 3.8) is 0 Å². The molecular weight excluding hydrogens is 310 g/mol. The highest BCUT2D eigenvalue weighted by atomic mass is 16.5. The summed E-state index contributed by atoms with van der Waals surface area (Å²) >= 11 is 0. The first-order valence-electron chi connectivity index (χ1n) is 8.22. The van der Waals surface area contributed by atoms with Gasteiger partial charge in [-0.2, -0.15) is 0 Å². The van der Waals surface area contributed by atoms with Crippen LogP contribution in [-0.4, -0.2) is 47.6 Å². The van der Waals surface area contributed by atoms with Crippen molar-refractivity contribution in [1.29, 1.82) is 0 Å². The number of rotatable bonds is 5.